The molecule has 0 atom stereocenters. The van der Waals surface area contributed by atoms with Gasteiger partial charge in [-0.3, -0.25) is 9.69 Å². The van der Waals surface area contributed by atoms with E-state index in [1.807, 2.05) is 0 Å². The number of hydrogen-bond acceptors (Lipinski definition) is 2. The number of primary amides is 1. The lowest BCUT2D eigenvalue weighted by molar-refractivity contribution is 0.0949. The number of benzene rings is 1. The summed E-state index contributed by atoms with van der Waals surface area (Å²) in [5.74, 6) is -0.182. The Morgan fingerprint density at radius 2 is 2.14 bits per heavy atom. The van der Waals surface area contributed by atoms with Crippen LogP contribution in [0.4, 0.5) is 10.5 Å². The molecular weight excluding hydrogens is 182 g/mol. The van der Waals surface area contributed by atoms with Crippen molar-refractivity contribution < 1.29 is 9.59 Å². The number of para-hydroxylation sites is 1. The molecule has 5 heteroatoms. The lowest BCUT2D eigenvalue weighted by Gasteiger charge is -2.27. The van der Waals surface area contributed by atoms with Crippen LogP contribution in [0.15, 0.2) is 24.3 Å². The van der Waals surface area contributed by atoms with Crippen LogP contribution in [0.5, 0.6) is 0 Å². The summed E-state index contributed by atoms with van der Waals surface area (Å²) >= 11 is 0. The monoisotopic (exact) mass is 191 g/mol. The van der Waals surface area contributed by atoms with E-state index in [0.29, 0.717) is 11.3 Å². The standard InChI is InChI=1S/C9H9N3O2/c10-9(14)12-5-11-8(13)6-3-1-2-4-7(6)12/h1-4H,5H2,(H2,10,14)(H,11,13). The van der Waals surface area contributed by atoms with Gasteiger partial charge in [0.15, 0.2) is 0 Å². The number of anilines is 1. The van der Waals surface area contributed by atoms with Crippen LogP contribution in [0.1, 0.15) is 10.4 Å². The predicted molar refractivity (Wildman–Crippen MR) is 50.8 cm³/mol. The van der Waals surface area contributed by atoms with Crippen LogP contribution < -0.4 is 16.0 Å². The first-order chi connectivity index (χ1) is 6.70. The van der Waals surface area contributed by atoms with Gasteiger partial charge in [0.2, 0.25) is 0 Å². The minimum Gasteiger partial charge on any atom is -0.351 e. The van der Waals surface area contributed by atoms with Gasteiger partial charge in [-0.05, 0) is 12.1 Å². The van der Waals surface area contributed by atoms with E-state index in [1.54, 1.807) is 24.3 Å². The molecule has 1 aliphatic rings. The van der Waals surface area contributed by atoms with Crippen LogP contribution in [-0.2, 0) is 0 Å². The summed E-state index contributed by atoms with van der Waals surface area (Å²) in [7, 11) is 0. The van der Waals surface area contributed by atoms with Crippen molar-refractivity contribution in [2.45, 2.75) is 0 Å². The maximum absolute atomic E-state index is 11.4. The Hall–Kier alpha value is -2.04. The molecule has 2 rings (SSSR count). The lowest BCUT2D eigenvalue weighted by Crippen LogP contribution is -2.48. The Morgan fingerprint density at radius 1 is 1.43 bits per heavy atom. The van der Waals surface area contributed by atoms with Gasteiger partial charge in [-0.2, -0.15) is 0 Å². The molecule has 0 aliphatic carbocycles. The third-order valence-corrected chi connectivity index (χ3v) is 2.10. The number of carbonyl (C=O) groups is 2. The lowest BCUT2D eigenvalue weighted by atomic mass is 10.1. The highest BCUT2D eigenvalue weighted by atomic mass is 16.2. The Labute approximate surface area is 80.5 Å². The topological polar surface area (TPSA) is 75.4 Å². The van der Waals surface area contributed by atoms with E-state index in [2.05, 4.69) is 5.32 Å². The molecule has 3 N–H and O–H groups in total. The van der Waals surface area contributed by atoms with Crippen molar-refractivity contribution >= 4 is 17.6 Å². The van der Waals surface area contributed by atoms with E-state index < -0.39 is 6.03 Å². The molecule has 0 fully saturated rings. The molecule has 0 aromatic heterocycles. The van der Waals surface area contributed by atoms with Gasteiger partial charge in [0.1, 0.15) is 0 Å². The zero-order chi connectivity index (χ0) is 10.1. The van der Waals surface area contributed by atoms with Gasteiger partial charge < -0.3 is 11.1 Å². The fourth-order valence-electron chi connectivity index (χ4n) is 1.43. The first kappa shape index (κ1) is 8.55. The molecular formula is C9H9N3O2. The number of urea groups is 1. The Morgan fingerprint density at radius 3 is 2.86 bits per heavy atom. The highest BCUT2D eigenvalue weighted by Crippen LogP contribution is 2.22. The van der Waals surface area contributed by atoms with Crippen molar-refractivity contribution in [2.75, 3.05) is 11.6 Å². The van der Waals surface area contributed by atoms with Crippen molar-refractivity contribution in [1.82, 2.24) is 5.32 Å². The Balaban J connectivity index is 2.52. The molecule has 1 heterocycles. The van der Waals surface area contributed by atoms with Crippen LogP contribution in [0.3, 0.4) is 0 Å². The highest BCUT2D eigenvalue weighted by molar-refractivity contribution is 6.06. The van der Waals surface area contributed by atoms with Gasteiger partial charge >= 0.3 is 6.03 Å². The molecule has 5 nitrogen and oxygen atoms in total. The zero-order valence-electron chi connectivity index (χ0n) is 7.36. The van der Waals surface area contributed by atoms with Gasteiger partial charge in [0.05, 0.1) is 17.9 Å². The molecule has 14 heavy (non-hydrogen) atoms. The zero-order valence-corrected chi connectivity index (χ0v) is 7.36. The smallest absolute Gasteiger partial charge is 0.320 e. The average molecular weight is 191 g/mol. The second kappa shape index (κ2) is 3.02. The minimum atomic E-state index is -0.572. The average Bonchev–Trinajstić information content (AvgIpc) is 2.18. The quantitative estimate of drug-likeness (QED) is 0.617. The number of amides is 3. The van der Waals surface area contributed by atoms with E-state index in [0.717, 1.165) is 0 Å². The summed E-state index contributed by atoms with van der Waals surface area (Å²) in [5, 5.41) is 2.56. The third kappa shape index (κ3) is 1.19. The van der Waals surface area contributed by atoms with Crippen LogP contribution in [0, 0.1) is 0 Å². The summed E-state index contributed by atoms with van der Waals surface area (Å²) in [6, 6.07) is 6.27. The van der Waals surface area contributed by atoms with Crippen LogP contribution in [0.25, 0.3) is 0 Å². The number of rotatable bonds is 0. The van der Waals surface area contributed by atoms with Crippen LogP contribution >= 0.6 is 0 Å². The second-order valence-corrected chi connectivity index (χ2v) is 2.95. The first-order valence-electron chi connectivity index (χ1n) is 4.14. The van der Waals surface area contributed by atoms with Gasteiger partial charge in [0, 0.05) is 0 Å². The number of nitrogens with zero attached hydrogens (tertiary/aromatic N) is 1. The number of nitrogens with one attached hydrogen (secondary N) is 1. The van der Waals surface area contributed by atoms with Gasteiger partial charge in [-0.25, -0.2) is 4.79 Å². The fourth-order valence-corrected chi connectivity index (χ4v) is 1.43. The summed E-state index contributed by atoms with van der Waals surface area (Å²) in [5.41, 5.74) is 6.19. The van der Waals surface area contributed by atoms with Crippen LogP contribution in [-0.4, -0.2) is 18.6 Å². The van der Waals surface area contributed by atoms with E-state index in [9.17, 15) is 9.59 Å². The first-order valence-corrected chi connectivity index (χ1v) is 4.14. The van der Waals surface area contributed by atoms with Crippen molar-refractivity contribution in [3.8, 4) is 0 Å². The molecule has 1 aromatic carbocycles. The van der Waals surface area contributed by atoms with E-state index in [4.69, 9.17) is 5.73 Å². The number of nitrogens with two attached hydrogens (primary N) is 1. The minimum absolute atomic E-state index is 0.130. The Bertz CT molecular complexity index is 403. The van der Waals surface area contributed by atoms with Crippen molar-refractivity contribution in [3.63, 3.8) is 0 Å². The summed E-state index contributed by atoms with van der Waals surface area (Å²) in [6.07, 6.45) is 0. The molecule has 0 unspecified atom stereocenters. The molecule has 72 valence electrons. The normalized spacial score (nSPS) is 14.6. The Kier molecular flexibility index (Phi) is 1.85. The number of carbonyl (C=O) groups excluding carboxylic acids is 2. The van der Waals surface area contributed by atoms with Crippen molar-refractivity contribution in [1.29, 1.82) is 0 Å². The van der Waals surface area contributed by atoms with Gasteiger partial charge in [-0.1, -0.05) is 12.1 Å². The van der Waals surface area contributed by atoms with E-state index in [-0.39, 0.29) is 12.6 Å². The fraction of sp³-hybridized carbons (Fsp3) is 0.111. The largest absolute Gasteiger partial charge is 0.351 e. The molecule has 1 aliphatic heterocycles. The van der Waals surface area contributed by atoms with Gasteiger partial charge in [0.25, 0.3) is 5.91 Å². The molecule has 0 bridgehead atoms. The second-order valence-electron chi connectivity index (χ2n) is 2.95. The number of hydrogen-bond donors (Lipinski definition) is 2. The summed E-state index contributed by atoms with van der Waals surface area (Å²) in [4.78, 5) is 23.7. The molecule has 0 radical (unpaired) electrons. The predicted octanol–water partition coefficient (Wildman–Crippen LogP) is 0.273. The summed E-state index contributed by atoms with van der Waals surface area (Å²) in [6.45, 7) is 0.130. The molecule has 3 amide bonds. The van der Waals surface area contributed by atoms with Crippen LogP contribution in [0.2, 0.25) is 0 Å². The maximum atomic E-state index is 11.4. The van der Waals surface area contributed by atoms with E-state index >= 15 is 0 Å². The molecule has 1 aromatic rings. The highest BCUT2D eigenvalue weighted by Gasteiger charge is 2.24. The maximum Gasteiger partial charge on any atom is 0.320 e. The van der Waals surface area contributed by atoms with Crippen molar-refractivity contribution in [3.05, 3.63) is 29.8 Å². The summed E-state index contributed by atoms with van der Waals surface area (Å²) < 4.78 is 0. The molecule has 0 spiro atoms. The van der Waals surface area contributed by atoms with E-state index in [1.165, 1.54) is 4.90 Å². The molecule has 0 saturated carbocycles. The third-order valence-electron chi connectivity index (χ3n) is 2.10. The van der Waals surface area contributed by atoms with Gasteiger partial charge in [-0.15, -0.1) is 0 Å². The SMILES string of the molecule is NC(=O)N1CNC(=O)c2ccccc21. The van der Waals surface area contributed by atoms with Crippen molar-refractivity contribution in [2.24, 2.45) is 5.73 Å². The molecule has 0 saturated heterocycles. The number of fused-ring (bicyclic) bond motifs is 1.